The smallest absolute Gasteiger partial charge is 0.160 e. The monoisotopic (exact) mass is 231 g/mol. The lowest BCUT2D eigenvalue weighted by Gasteiger charge is -2.31. The van der Waals surface area contributed by atoms with Crippen molar-refractivity contribution >= 4 is 11.6 Å². The van der Waals surface area contributed by atoms with Crippen molar-refractivity contribution in [2.45, 2.75) is 25.3 Å². The highest BCUT2D eigenvalue weighted by Gasteiger charge is 2.27. The molecule has 1 aliphatic rings. The molecule has 1 aromatic carbocycles. The molecular weight excluding hydrogens is 220 g/mol. The maximum absolute atomic E-state index is 13.0. The average molecular weight is 232 g/mol. The third-order valence-electron chi connectivity index (χ3n) is 3.06. The van der Waals surface area contributed by atoms with Gasteiger partial charge in [0.05, 0.1) is 0 Å². The van der Waals surface area contributed by atoms with Crippen molar-refractivity contribution in [3.63, 3.8) is 0 Å². The molecule has 0 bridgehead atoms. The van der Waals surface area contributed by atoms with E-state index in [1.165, 1.54) is 0 Å². The van der Waals surface area contributed by atoms with Crippen molar-refractivity contribution in [3.05, 3.63) is 34.4 Å². The van der Waals surface area contributed by atoms with Gasteiger partial charge < -0.3 is 5.73 Å². The molecule has 82 valence electrons. The number of halogens is 3. The molecule has 0 heterocycles. The molecule has 0 radical (unpaired) electrons. The van der Waals surface area contributed by atoms with E-state index in [9.17, 15) is 8.78 Å². The quantitative estimate of drug-likeness (QED) is 0.776. The number of nitrogens with two attached hydrogens (primary N) is 1. The Labute approximate surface area is 92.2 Å². The number of benzene rings is 1. The third kappa shape index (κ3) is 1.99. The van der Waals surface area contributed by atoms with Gasteiger partial charge in [-0.2, -0.15) is 0 Å². The van der Waals surface area contributed by atoms with Crippen molar-refractivity contribution < 1.29 is 8.78 Å². The maximum Gasteiger partial charge on any atom is 0.160 e. The van der Waals surface area contributed by atoms with Gasteiger partial charge >= 0.3 is 0 Å². The largest absolute Gasteiger partial charge is 0.324 e. The second-order valence-electron chi connectivity index (χ2n) is 4.00. The Bertz CT molecular complexity index is 377. The van der Waals surface area contributed by atoms with Crippen LogP contribution in [0.5, 0.6) is 0 Å². The van der Waals surface area contributed by atoms with Crippen molar-refractivity contribution in [2.24, 2.45) is 11.7 Å². The third-order valence-corrected chi connectivity index (χ3v) is 3.38. The number of rotatable bonds is 2. The summed E-state index contributed by atoms with van der Waals surface area (Å²) in [5, 5.41) is 0.216. The lowest BCUT2D eigenvalue weighted by atomic mass is 9.77. The molecule has 0 spiro atoms. The zero-order valence-corrected chi connectivity index (χ0v) is 8.90. The zero-order chi connectivity index (χ0) is 11.0. The van der Waals surface area contributed by atoms with Crippen molar-refractivity contribution in [3.8, 4) is 0 Å². The van der Waals surface area contributed by atoms with Gasteiger partial charge in [-0.15, -0.1) is 0 Å². The Hall–Kier alpha value is -0.670. The van der Waals surface area contributed by atoms with E-state index in [-0.39, 0.29) is 11.1 Å². The molecule has 1 aromatic rings. The maximum atomic E-state index is 13.0. The Morgan fingerprint density at radius 3 is 2.40 bits per heavy atom. The van der Waals surface area contributed by atoms with Gasteiger partial charge in [0.2, 0.25) is 0 Å². The first-order valence-electron chi connectivity index (χ1n) is 4.99. The molecule has 15 heavy (non-hydrogen) atoms. The summed E-state index contributed by atoms with van der Waals surface area (Å²) >= 11 is 5.83. The summed E-state index contributed by atoms with van der Waals surface area (Å²) in [5.41, 5.74) is 6.46. The van der Waals surface area contributed by atoms with Crippen molar-refractivity contribution in [2.75, 3.05) is 0 Å². The summed E-state index contributed by atoms with van der Waals surface area (Å²) in [7, 11) is 0. The Kier molecular flexibility index (Phi) is 2.94. The van der Waals surface area contributed by atoms with Crippen LogP contribution in [0.3, 0.4) is 0 Å². The molecule has 0 saturated heterocycles. The van der Waals surface area contributed by atoms with Gasteiger partial charge in [-0.3, -0.25) is 0 Å². The van der Waals surface area contributed by atoms with Gasteiger partial charge in [0.25, 0.3) is 0 Å². The first-order chi connectivity index (χ1) is 7.09. The standard InChI is InChI=1S/C11H12ClF2N/c12-8-5-10(14)9(13)4-7(8)11(15)6-2-1-3-6/h4-6,11H,1-3,15H2. The fourth-order valence-electron chi connectivity index (χ4n) is 1.85. The van der Waals surface area contributed by atoms with E-state index in [1.807, 2.05) is 0 Å². The van der Waals surface area contributed by atoms with Crippen LogP contribution in [0.4, 0.5) is 8.78 Å². The highest BCUT2D eigenvalue weighted by molar-refractivity contribution is 6.31. The van der Waals surface area contributed by atoms with Crippen LogP contribution in [0, 0.1) is 17.6 Å². The summed E-state index contributed by atoms with van der Waals surface area (Å²) in [5.74, 6) is -1.46. The molecule has 2 N–H and O–H groups in total. The Morgan fingerprint density at radius 2 is 1.87 bits per heavy atom. The molecule has 0 aliphatic heterocycles. The SMILES string of the molecule is NC(c1cc(F)c(F)cc1Cl)C1CCC1. The predicted octanol–water partition coefficient (Wildman–Crippen LogP) is 3.42. The zero-order valence-electron chi connectivity index (χ0n) is 8.14. The Balaban J connectivity index is 2.30. The second kappa shape index (κ2) is 4.06. The van der Waals surface area contributed by atoms with Crippen LogP contribution >= 0.6 is 11.6 Å². The fraction of sp³-hybridized carbons (Fsp3) is 0.455. The highest BCUT2D eigenvalue weighted by atomic mass is 35.5. The molecule has 2 rings (SSSR count). The molecule has 1 fully saturated rings. The van der Waals surface area contributed by atoms with Crippen LogP contribution in [-0.4, -0.2) is 0 Å². The van der Waals surface area contributed by atoms with E-state index >= 15 is 0 Å². The van der Waals surface area contributed by atoms with Gasteiger partial charge in [-0.1, -0.05) is 18.0 Å². The van der Waals surface area contributed by atoms with Gasteiger partial charge in [-0.05, 0) is 36.5 Å². The summed E-state index contributed by atoms with van der Waals surface area (Å²) in [6, 6.07) is 1.83. The second-order valence-corrected chi connectivity index (χ2v) is 4.41. The fourth-order valence-corrected chi connectivity index (χ4v) is 2.12. The van der Waals surface area contributed by atoms with E-state index in [1.54, 1.807) is 0 Å². The molecular formula is C11H12ClF2N. The molecule has 1 aliphatic carbocycles. The van der Waals surface area contributed by atoms with Gasteiger partial charge in [0.15, 0.2) is 11.6 Å². The van der Waals surface area contributed by atoms with Crippen molar-refractivity contribution in [1.82, 2.24) is 0 Å². The minimum Gasteiger partial charge on any atom is -0.324 e. The van der Waals surface area contributed by atoms with Crippen LogP contribution in [-0.2, 0) is 0 Å². The molecule has 0 aromatic heterocycles. The minimum absolute atomic E-state index is 0.216. The lowest BCUT2D eigenvalue weighted by Crippen LogP contribution is -2.27. The lowest BCUT2D eigenvalue weighted by molar-refractivity contribution is 0.264. The predicted molar refractivity (Wildman–Crippen MR) is 55.6 cm³/mol. The molecule has 1 unspecified atom stereocenters. The molecule has 1 atom stereocenters. The molecule has 1 saturated carbocycles. The normalized spacial score (nSPS) is 18.7. The van der Waals surface area contributed by atoms with E-state index in [4.69, 9.17) is 17.3 Å². The first-order valence-corrected chi connectivity index (χ1v) is 5.37. The van der Waals surface area contributed by atoms with Crippen LogP contribution in [0.15, 0.2) is 12.1 Å². The summed E-state index contributed by atoms with van der Waals surface area (Å²) < 4.78 is 25.8. The first kappa shape index (κ1) is 10.8. The van der Waals surface area contributed by atoms with Crippen LogP contribution in [0.1, 0.15) is 30.9 Å². The minimum atomic E-state index is -0.926. The molecule has 4 heteroatoms. The average Bonchev–Trinajstić information content (AvgIpc) is 2.08. The molecule has 0 amide bonds. The topological polar surface area (TPSA) is 26.0 Å². The number of hydrogen-bond donors (Lipinski definition) is 1. The summed E-state index contributed by atoms with van der Waals surface area (Å²) in [4.78, 5) is 0. The van der Waals surface area contributed by atoms with Gasteiger partial charge in [0.1, 0.15) is 0 Å². The molecule has 1 nitrogen and oxygen atoms in total. The van der Waals surface area contributed by atoms with Crippen molar-refractivity contribution in [1.29, 1.82) is 0 Å². The van der Waals surface area contributed by atoms with E-state index < -0.39 is 11.6 Å². The highest BCUT2D eigenvalue weighted by Crippen LogP contribution is 2.38. The van der Waals surface area contributed by atoms with Crippen LogP contribution < -0.4 is 5.73 Å². The van der Waals surface area contributed by atoms with E-state index in [0.717, 1.165) is 31.4 Å². The van der Waals surface area contributed by atoms with E-state index in [0.29, 0.717) is 11.5 Å². The summed E-state index contributed by atoms with van der Waals surface area (Å²) in [6.07, 6.45) is 3.23. The van der Waals surface area contributed by atoms with E-state index in [2.05, 4.69) is 0 Å². The van der Waals surface area contributed by atoms with Crippen LogP contribution in [0.25, 0.3) is 0 Å². The Morgan fingerprint density at radius 1 is 1.27 bits per heavy atom. The van der Waals surface area contributed by atoms with Gasteiger partial charge in [-0.25, -0.2) is 8.78 Å². The van der Waals surface area contributed by atoms with Gasteiger partial charge in [0, 0.05) is 11.1 Å². The van der Waals surface area contributed by atoms with Crippen LogP contribution in [0.2, 0.25) is 5.02 Å². The summed E-state index contributed by atoms with van der Waals surface area (Å²) in [6.45, 7) is 0. The number of hydrogen-bond acceptors (Lipinski definition) is 1.